The average Bonchev–Trinajstić information content (AvgIpc) is 2.51. The minimum Gasteiger partial charge on any atom is -0.195 e. The van der Waals surface area contributed by atoms with Crippen molar-refractivity contribution in [3.8, 4) is 0 Å². The van der Waals surface area contributed by atoms with Gasteiger partial charge in [-0.25, -0.2) is 0 Å². The fraction of sp³-hybridized carbons (Fsp3) is 1.00. The average molecular weight is 130 g/mol. The van der Waals surface area contributed by atoms with E-state index in [1.54, 1.807) is 0 Å². The summed E-state index contributed by atoms with van der Waals surface area (Å²) in [5, 5.41) is 0. The molecule has 0 aliphatic carbocycles. The van der Waals surface area contributed by atoms with Gasteiger partial charge in [-0.1, -0.05) is 26.7 Å². The van der Waals surface area contributed by atoms with Crippen LogP contribution in [0.1, 0.15) is 39.5 Å². The summed E-state index contributed by atoms with van der Waals surface area (Å²) < 4.78 is 0. The van der Waals surface area contributed by atoms with Gasteiger partial charge in [0.1, 0.15) is 0 Å². The van der Waals surface area contributed by atoms with Gasteiger partial charge in [0.15, 0.2) is 0 Å². The molecule has 0 aromatic heterocycles. The Morgan fingerprint density at radius 2 is 1.44 bits per heavy atom. The van der Waals surface area contributed by atoms with E-state index in [4.69, 9.17) is 9.78 Å². The van der Waals surface area contributed by atoms with Crippen molar-refractivity contribution in [1.29, 1.82) is 0 Å². The minimum absolute atomic E-state index is 0.149. The van der Waals surface area contributed by atoms with Gasteiger partial charge in [-0.15, -0.1) is 0 Å². The second-order valence-electron chi connectivity index (χ2n) is 2.58. The molecule has 0 atom stereocenters. The minimum atomic E-state index is -0.149. The lowest BCUT2D eigenvalue weighted by Crippen LogP contribution is -2.08. The molecule has 0 saturated carbocycles. The Morgan fingerprint density at radius 1 is 1.00 bits per heavy atom. The van der Waals surface area contributed by atoms with Crippen LogP contribution in [0.5, 0.6) is 0 Å². The van der Waals surface area contributed by atoms with E-state index in [0.29, 0.717) is 0 Å². The van der Waals surface area contributed by atoms with Crippen LogP contribution in [0.15, 0.2) is 0 Å². The molecular weight excluding hydrogens is 116 g/mol. The first-order valence-electron chi connectivity index (χ1n) is 3.70. The maximum Gasteiger partial charge on any atom is 0.234 e. The van der Waals surface area contributed by atoms with E-state index in [2.05, 4.69) is 13.8 Å². The second-order valence-corrected chi connectivity index (χ2v) is 2.58. The van der Waals surface area contributed by atoms with Crippen LogP contribution in [-0.2, 0) is 9.78 Å². The zero-order chi connectivity index (χ0) is 6.74. The zero-order valence-corrected chi connectivity index (χ0v) is 6.14. The first-order valence-corrected chi connectivity index (χ1v) is 3.70. The molecule has 54 valence electrons. The van der Waals surface area contributed by atoms with Gasteiger partial charge in [-0.2, -0.15) is 9.78 Å². The van der Waals surface area contributed by atoms with Crippen LogP contribution in [0, 0.1) is 0 Å². The van der Waals surface area contributed by atoms with Crippen molar-refractivity contribution in [3.05, 3.63) is 0 Å². The molecule has 1 heterocycles. The summed E-state index contributed by atoms with van der Waals surface area (Å²) in [4.78, 5) is 9.75. The second kappa shape index (κ2) is 2.67. The largest absolute Gasteiger partial charge is 0.234 e. The van der Waals surface area contributed by atoms with Crippen molar-refractivity contribution in [3.63, 3.8) is 0 Å². The Balaban J connectivity index is 2.17. The Morgan fingerprint density at radius 3 is 1.67 bits per heavy atom. The molecule has 0 radical (unpaired) electrons. The van der Waals surface area contributed by atoms with E-state index in [1.807, 2.05) is 0 Å². The summed E-state index contributed by atoms with van der Waals surface area (Å²) in [7, 11) is 0. The van der Waals surface area contributed by atoms with Crippen LogP contribution in [-0.4, -0.2) is 5.79 Å². The van der Waals surface area contributed by atoms with Gasteiger partial charge >= 0.3 is 0 Å². The lowest BCUT2D eigenvalue weighted by Gasteiger charge is -2.00. The highest BCUT2D eigenvalue weighted by molar-refractivity contribution is 4.72. The van der Waals surface area contributed by atoms with Crippen molar-refractivity contribution in [2.45, 2.75) is 45.3 Å². The van der Waals surface area contributed by atoms with Crippen LogP contribution < -0.4 is 0 Å². The summed E-state index contributed by atoms with van der Waals surface area (Å²) in [6.45, 7) is 4.28. The summed E-state index contributed by atoms with van der Waals surface area (Å²) in [6.07, 6.45) is 4.36. The molecule has 2 nitrogen and oxygen atoms in total. The molecule has 1 fully saturated rings. The maximum atomic E-state index is 4.88. The lowest BCUT2D eigenvalue weighted by molar-refractivity contribution is 0.0850. The van der Waals surface area contributed by atoms with Crippen LogP contribution in [0.4, 0.5) is 0 Å². The predicted molar refractivity (Wildman–Crippen MR) is 34.7 cm³/mol. The standard InChI is InChI=1S/C7H14O2/c1-3-5-7(6-4-2)8-9-7/h3-6H2,1-2H3. The molecule has 2 heteroatoms. The van der Waals surface area contributed by atoms with Crippen LogP contribution in [0.2, 0.25) is 0 Å². The lowest BCUT2D eigenvalue weighted by atomic mass is 10.1. The van der Waals surface area contributed by atoms with Crippen molar-refractivity contribution in [1.82, 2.24) is 0 Å². The number of hydrogen-bond acceptors (Lipinski definition) is 2. The van der Waals surface area contributed by atoms with Gasteiger partial charge in [0.2, 0.25) is 5.79 Å². The Hall–Kier alpha value is -0.0800. The Labute approximate surface area is 56.1 Å². The van der Waals surface area contributed by atoms with Crippen molar-refractivity contribution < 1.29 is 9.78 Å². The van der Waals surface area contributed by atoms with Crippen molar-refractivity contribution in [2.75, 3.05) is 0 Å². The first kappa shape index (κ1) is 7.03. The summed E-state index contributed by atoms with van der Waals surface area (Å²) in [5.74, 6) is -0.149. The summed E-state index contributed by atoms with van der Waals surface area (Å²) in [5.41, 5.74) is 0. The number of rotatable bonds is 4. The smallest absolute Gasteiger partial charge is 0.195 e. The Kier molecular flexibility index (Phi) is 2.09. The molecule has 0 aromatic rings. The Bertz CT molecular complexity index is 78.9. The highest BCUT2D eigenvalue weighted by Gasteiger charge is 2.46. The van der Waals surface area contributed by atoms with Gasteiger partial charge in [0.25, 0.3) is 0 Å². The molecule has 0 unspecified atom stereocenters. The monoisotopic (exact) mass is 130 g/mol. The van der Waals surface area contributed by atoms with Gasteiger partial charge in [-0.05, 0) is 0 Å². The predicted octanol–water partition coefficient (Wildman–Crippen LogP) is 2.24. The molecule has 9 heavy (non-hydrogen) atoms. The topological polar surface area (TPSA) is 25.1 Å². The fourth-order valence-corrected chi connectivity index (χ4v) is 1.11. The fourth-order valence-electron chi connectivity index (χ4n) is 1.11. The van der Waals surface area contributed by atoms with Crippen LogP contribution in [0.25, 0.3) is 0 Å². The van der Waals surface area contributed by atoms with Gasteiger partial charge in [0.05, 0.1) is 0 Å². The zero-order valence-electron chi connectivity index (χ0n) is 6.14. The van der Waals surface area contributed by atoms with E-state index in [-0.39, 0.29) is 5.79 Å². The SMILES string of the molecule is CCCC1(CCC)OO1. The highest BCUT2D eigenvalue weighted by atomic mass is 17.4. The molecule has 0 amide bonds. The molecule has 1 aliphatic rings. The van der Waals surface area contributed by atoms with Gasteiger partial charge in [-0.3, -0.25) is 0 Å². The van der Waals surface area contributed by atoms with Crippen LogP contribution in [0.3, 0.4) is 0 Å². The van der Waals surface area contributed by atoms with E-state index in [1.165, 1.54) is 0 Å². The van der Waals surface area contributed by atoms with E-state index >= 15 is 0 Å². The third-order valence-corrected chi connectivity index (χ3v) is 1.58. The van der Waals surface area contributed by atoms with Gasteiger partial charge < -0.3 is 0 Å². The molecule has 0 N–H and O–H groups in total. The van der Waals surface area contributed by atoms with Gasteiger partial charge in [0, 0.05) is 12.8 Å². The molecule has 0 bridgehead atoms. The molecule has 1 aliphatic heterocycles. The molecule has 0 spiro atoms. The van der Waals surface area contributed by atoms with Crippen LogP contribution >= 0.6 is 0 Å². The maximum absolute atomic E-state index is 4.88. The summed E-state index contributed by atoms with van der Waals surface area (Å²) in [6, 6.07) is 0. The van der Waals surface area contributed by atoms with E-state index in [9.17, 15) is 0 Å². The third kappa shape index (κ3) is 1.66. The third-order valence-electron chi connectivity index (χ3n) is 1.58. The van der Waals surface area contributed by atoms with E-state index in [0.717, 1.165) is 25.7 Å². The summed E-state index contributed by atoms with van der Waals surface area (Å²) >= 11 is 0. The van der Waals surface area contributed by atoms with E-state index < -0.39 is 0 Å². The normalized spacial score (nSPS) is 22.0. The number of hydrogen-bond donors (Lipinski definition) is 0. The quantitative estimate of drug-likeness (QED) is 0.430. The molecular formula is C7H14O2. The van der Waals surface area contributed by atoms with Crippen molar-refractivity contribution >= 4 is 0 Å². The molecule has 1 saturated heterocycles. The van der Waals surface area contributed by atoms with Crippen molar-refractivity contribution in [2.24, 2.45) is 0 Å². The molecule has 1 rings (SSSR count). The highest BCUT2D eigenvalue weighted by Crippen LogP contribution is 2.38. The first-order chi connectivity index (χ1) is 4.33. The molecule has 0 aromatic carbocycles.